The van der Waals surface area contributed by atoms with Crippen molar-refractivity contribution in [3.05, 3.63) is 115 Å². The SMILES string of the molecule is CC(C)(C)c1cc(COCC(COCc2cc(C(C)(C)C)c(O)c(C(C)(C)C)c2)(COCc2cc(C(C)(C)C)c(O)c(C(C)(C)C)c2)COCc2cc(C(C)(C)C)c(O)c(C(C)(C)C)c2)cc(C(C)(C)C)c1O. The molecule has 8 nitrogen and oxygen atoms in total. The van der Waals surface area contributed by atoms with Crippen LogP contribution in [0.15, 0.2) is 48.5 Å². The Balaban J connectivity index is 1.88. The molecule has 0 heterocycles. The van der Waals surface area contributed by atoms with Gasteiger partial charge >= 0.3 is 0 Å². The monoisotopic (exact) mass is 1010 g/mol. The fourth-order valence-corrected chi connectivity index (χ4v) is 9.48. The number of ether oxygens (including phenoxy) is 4. The molecule has 0 amide bonds. The van der Waals surface area contributed by atoms with Gasteiger partial charge in [0.25, 0.3) is 0 Å². The maximum Gasteiger partial charge on any atom is 0.123 e. The lowest BCUT2D eigenvalue weighted by molar-refractivity contribution is -0.117. The zero-order valence-corrected chi connectivity index (χ0v) is 50.2. The van der Waals surface area contributed by atoms with Crippen LogP contribution in [0.2, 0.25) is 0 Å². The average Bonchev–Trinajstić information content (AvgIpc) is 3.19. The minimum absolute atomic E-state index is 0.214. The Labute approximate surface area is 443 Å². The van der Waals surface area contributed by atoms with E-state index in [1.165, 1.54) is 0 Å². The summed E-state index contributed by atoms with van der Waals surface area (Å²) in [5.41, 5.74) is 7.46. The van der Waals surface area contributed by atoms with Crippen LogP contribution in [-0.4, -0.2) is 46.9 Å². The van der Waals surface area contributed by atoms with Crippen molar-refractivity contribution in [2.24, 2.45) is 5.41 Å². The smallest absolute Gasteiger partial charge is 0.123 e. The molecule has 0 aliphatic rings. The average molecular weight is 1010 g/mol. The normalized spacial score (nSPS) is 13.8. The van der Waals surface area contributed by atoms with Crippen molar-refractivity contribution in [3.8, 4) is 23.0 Å². The number of aromatic hydroxyl groups is 4. The quantitative estimate of drug-likeness (QED) is 0.0877. The van der Waals surface area contributed by atoms with Gasteiger partial charge in [-0.05, 0) is 159 Å². The van der Waals surface area contributed by atoms with Crippen LogP contribution in [0.5, 0.6) is 23.0 Å². The van der Waals surface area contributed by atoms with Gasteiger partial charge in [-0.2, -0.15) is 0 Å². The van der Waals surface area contributed by atoms with Crippen LogP contribution in [0.25, 0.3) is 0 Å². The van der Waals surface area contributed by atoms with Gasteiger partial charge in [0.15, 0.2) is 0 Å². The molecular weight excluding hydrogens is 909 g/mol. The molecular formula is C65H100O8. The van der Waals surface area contributed by atoms with E-state index in [9.17, 15) is 20.4 Å². The highest BCUT2D eigenvalue weighted by atomic mass is 16.5. The summed E-state index contributed by atoms with van der Waals surface area (Å²) < 4.78 is 27.5. The third-order valence-electron chi connectivity index (χ3n) is 13.9. The summed E-state index contributed by atoms with van der Waals surface area (Å²) in [5, 5.41) is 46.4. The first-order valence-electron chi connectivity index (χ1n) is 26.7. The maximum atomic E-state index is 11.6. The number of rotatable bonds is 16. The van der Waals surface area contributed by atoms with Gasteiger partial charge in [-0.25, -0.2) is 0 Å². The molecule has 0 aliphatic carbocycles. The van der Waals surface area contributed by atoms with Gasteiger partial charge in [0.05, 0.1) is 58.3 Å². The summed E-state index contributed by atoms with van der Waals surface area (Å²) in [6, 6.07) is 16.5. The van der Waals surface area contributed by atoms with Gasteiger partial charge in [-0.15, -0.1) is 0 Å². The van der Waals surface area contributed by atoms with Crippen molar-refractivity contribution in [1.82, 2.24) is 0 Å². The van der Waals surface area contributed by atoms with Crippen LogP contribution in [0, 0.1) is 5.41 Å². The van der Waals surface area contributed by atoms with E-state index in [0.29, 0.717) is 23.0 Å². The molecule has 0 aromatic heterocycles. The van der Waals surface area contributed by atoms with Gasteiger partial charge in [-0.3, -0.25) is 0 Å². The van der Waals surface area contributed by atoms with E-state index >= 15 is 0 Å². The van der Waals surface area contributed by atoms with Gasteiger partial charge in [0.2, 0.25) is 0 Å². The fraction of sp³-hybridized carbons (Fsp3) is 0.631. The zero-order valence-electron chi connectivity index (χ0n) is 50.2. The van der Waals surface area contributed by atoms with E-state index in [-0.39, 0.29) is 96.2 Å². The van der Waals surface area contributed by atoms with Crippen molar-refractivity contribution < 1.29 is 39.4 Å². The van der Waals surface area contributed by atoms with Crippen LogP contribution < -0.4 is 0 Å². The summed E-state index contributed by atoms with van der Waals surface area (Å²) >= 11 is 0. The molecule has 0 saturated heterocycles. The summed E-state index contributed by atoms with van der Waals surface area (Å²) in [7, 11) is 0. The number of hydrogen-bond donors (Lipinski definition) is 4. The van der Waals surface area contributed by atoms with E-state index in [1.807, 2.05) is 0 Å². The molecule has 0 bridgehead atoms. The second kappa shape index (κ2) is 21.9. The van der Waals surface area contributed by atoms with Crippen LogP contribution in [0.3, 0.4) is 0 Å². The zero-order chi connectivity index (χ0) is 55.9. The lowest BCUT2D eigenvalue weighted by Crippen LogP contribution is -2.41. The van der Waals surface area contributed by atoms with E-state index in [0.717, 1.165) is 66.8 Å². The Morgan fingerprint density at radius 1 is 0.247 bits per heavy atom. The Morgan fingerprint density at radius 2 is 0.370 bits per heavy atom. The molecule has 0 aliphatic heterocycles. The summed E-state index contributed by atoms with van der Waals surface area (Å²) in [6.45, 7) is 52.8. The van der Waals surface area contributed by atoms with E-state index in [1.54, 1.807) is 0 Å². The van der Waals surface area contributed by atoms with Gasteiger partial charge in [-0.1, -0.05) is 166 Å². The van der Waals surface area contributed by atoms with E-state index in [2.05, 4.69) is 215 Å². The second-order valence-electron chi connectivity index (χ2n) is 29.6. The maximum absolute atomic E-state index is 11.6. The van der Waals surface area contributed by atoms with Crippen molar-refractivity contribution in [1.29, 1.82) is 0 Å². The van der Waals surface area contributed by atoms with Gasteiger partial charge in [0.1, 0.15) is 23.0 Å². The topological polar surface area (TPSA) is 118 Å². The molecule has 0 fully saturated rings. The molecule has 4 aromatic carbocycles. The Kier molecular flexibility index (Phi) is 18.4. The summed E-state index contributed by atoms with van der Waals surface area (Å²) in [6.07, 6.45) is 0. The molecule has 0 unspecified atom stereocenters. The minimum atomic E-state index is -0.847. The molecule has 4 rings (SSSR count). The molecule has 4 N–H and O–H groups in total. The molecule has 8 heteroatoms. The Bertz CT molecular complexity index is 2030. The summed E-state index contributed by atoms with van der Waals surface area (Å²) in [4.78, 5) is 0. The molecule has 0 radical (unpaired) electrons. The van der Waals surface area contributed by atoms with Crippen LogP contribution in [-0.2, 0) is 88.7 Å². The molecule has 408 valence electrons. The summed E-state index contributed by atoms with van der Waals surface area (Å²) in [5.74, 6) is 1.29. The van der Waals surface area contributed by atoms with E-state index in [4.69, 9.17) is 18.9 Å². The molecule has 0 saturated carbocycles. The Morgan fingerprint density at radius 3 is 0.479 bits per heavy atom. The standard InChI is InChI=1S/C65H100O8/c1-57(2,3)45-25-41(26-46(53(45)66)58(4,5)6)33-70-37-65(38-71-34-42-27-47(59(7,8)9)54(67)48(28-42)60(10,11)12,39-72-35-43-29-49(61(13,14)15)55(68)50(30-43)62(16,17)18)40-73-36-44-31-51(63(19,20)21)56(69)52(32-44)64(22,23)24/h25-32,66-69H,33-40H2,1-24H3. The van der Waals surface area contributed by atoms with Crippen LogP contribution in [0.4, 0.5) is 0 Å². The van der Waals surface area contributed by atoms with Crippen LogP contribution >= 0.6 is 0 Å². The first-order valence-corrected chi connectivity index (χ1v) is 26.7. The van der Waals surface area contributed by atoms with Crippen molar-refractivity contribution in [3.63, 3.8) is 0 Å². The van der Waals surface area contributed by atoms with Gasteiger partial charge < -0.3 is 39.4 Å². The molecule has 4 aromatic rings. The molecule has 0 atom stereocenters. The molecule has 73 heavy (non-hydrogen) atoms. The third-order valence-corrected chi connectivity index (χ3v) is 13.9. The number of benzene rings is 4. The highest BCUT2D eigenvalue weighted by Crippen LogP contribution is 2.44. The van der Waals surface area contributed by atoms with Crippen molar-refractivity contribution in [2.75, 3.05) is 26.4 Å². The van der Waals surface area contributed by atoms with Crippen molar-refractivity contribution >= 4 is 0 Å². The van der Waals surface area contributed by atoms with Crippen molar-refractivity contribution in [2.45, 2.75) is 236 Å². The third kappa shape index (κ3) is 16.0. The fourth-order valence-electron chi connectivity index (χ4n) is 9.48. The first kappa shape index (κ1) is 61.5. The number of phenolic OH excluding ortho intramolecular Hbond substituents is 4. The number of phenols is 4. The number of hydrogen-bond acceptors (Lipinski definition) is 8. The minimum Gasteiger partial charge on any atom is -0.507 e. The highest BCUT2D eigenvalue weighted by molar-refractivity contribution is 5.53. The lowest BCUT2D eigenvalue weighted by Gasteiger charge is -2.34. The van der Waals surface area contributed by atoms with Crippen LogP contribution in [0.1, 0.15) is 233 Å². The first-order chi connectivity index (χ1) is 32.9. The molecule has 0 spiro atoms. The highest BCUT2D eigenvalue weighted by Gasteiger charge is 2.36. The Hall–Kier alpha value is -4.08. The lowest BCUT2D eigenvalue weighted by atomic mass is 9.78. The predicted molar refractivity (Wildman–Crippen MR) is 303 cm³/mol. The van der Waals surface area contributed by atoms with E-state index < -0.39 is 5.41 Å². The predicted octanol–water partition coefficient (Wildman–Crippen LogP) is 16.0. The van der Waals surface area contributed by atoms with Gasteiger partial charge in [0, 0.05) is 0 Å². The second-order valence-corrected chi connectivity index (χ2v) is 29.6. The largest absolute Gasteiger partial charge is 0.507 e.